The van der Waals surface area contributed by atoms with Crippen molar-refractivity contribution in [3.05, 3.63) is 58.7 Å². The largest absolute Gasteiger partial charge is 0.496 e. The Morgan fingerprint density at radius 1 is 0.947 bits per heavy atom. The molecule has 6 heteroatoms. The lowest BCUT2D eigenvalue weighted by Crippen LogP contribution is -2.47. The van der Waals surface area contributed by atoms with E-state index >= 15 is 0 Å². The number of hydrogen-bond donors (Lipinski definition) is 2. The van der Waals surface area contributed by atoms with E-state index in [0.717, 1.165) is 48.3 Å². The highest BCUT2D eigenvalue weighted by Crippen LogP contribution is 2.37. The topological polar surface area (TPSA) is 63.2 Å². The first kappa shape index (κ1) is 31.5. The van der Waals surface area contributed by atoms with Crippen molar-refractivity contribution in [1.82, 2.24) is 10.2 Å². The van der Waals surface area contributed by atoms with Gasteiger partial charge in [0, 0.05) is 44.8 Å². The second-order valence-corrected chi connectivity index (χ2v) is 9.81. The Balaban J connectivity index is 0.000000255. The lowest BCUT2D eigenvalue weighted by Gasteiger charge is -2.39. The summed E-state index contributed by atoms with van der Waals surface area (Å²) >= 11 is 0. The van der Waals surface area contributed by atoms with Crippen LogP contribution in [0.15, 0.2) is 36.4 Å². The minimum Gasteiger partial charge on any atom is -0.496 e. The molecule has 0 amide bonds. The second kappa shape index (κ2) is 17.0. The molecule has 210 valence electrons. The molecule has 6 nitrogen and oxygen atoms in total. The zero-order chi connectivity index (χ0) is 27.9. The lowest BCUT2D eigenvalue weighted by atomic mass is 9.95. The van der Waals surface area contributed by atoms with Crippen LogP contribution in [0.5, 0.6) is 11.5 Å². The van der Waals surface area contributed by atoms with Gasteiger partial charge in [-0.2, -0.15) is 0 Å². The monoisotopic (exact) mass is 524 g/mol. The fourth-order valence-electron chi connectivity index (χ4n) is 5.22. The number of fused-ring (bicyclic) bond motifs is 2. The minimum absolute atomic E-state index is 0.572. The lowest BCUT2D eigenvalue weighted by molar-refractivity contribution is 0.111. The van der Waals surface area contributed by atoms with Crippen LogP contribution in [0.4, 0.5) is 0 Å². The number of nitrogens with one attached hydrogen (secondary N) is 1. The number of rotatable bonds is 8. The van der Waals surface area contributed by atoms with Gasteiger partial charge >= 0.3 is 0 Å². The average molecular weight is 525 g/mol. The van der Waals surface area contributed by atoms with Gasteiger partial charge in [-0.25, -0.2) is 0 Å². The van der Waals surface area contributed by atoms with E-state index in [1.807, 2.05) is 44.2 Å². The van der Waals surface area contributed by atoms with Gasteiger partial charge in [-0.1, -0.05) is 24.1 Å². The number of benzene rings is 2. The van der Waals surface area contributed by atoms with Gasteiger partial charge in [0.1, 0.15) is 17.6 Å². The Hall–Kier alpha value is -2.72. The van der Waals surface area contributed by atoms with Crippen LogP contribution in [0.25, 0.3) is 0 Å². The summed E-state index contributed by atoms with van der Waals surface area (Å²) in [5.41, 5.74) is 5.22. The zero-order valence-electron chi connectivity index (χ0n) is 24.5. The Kier molecular flexibility index (Phi) is 14.1. The van der Waals surface area contributed by atoms with Crippen LogP contribution in [0.3, 0.4) is 0 Å². The Labute approximate surface area is 230 Å². The van der Waals surface area contributed by atoms with Crippen molar-refractivity contribution in [3.63, 3.8) is 0 Å². The molecule has 4 rings (SSSR count). The molecule has 2 aromatic carbocycles. The summed E-state index contributed by atoms with van der Waals surface area (Å²) in [5, 5.41) is 11.8. The molecule has 2 N–H and O–H groups in total. The van der Waals surface area contributed by atoms with E-state index < -0.39 is 0 Å². The van der Waals surface area contributed by atoms with E-state index in [0.29, 0.717) is 13.0 Å². The van der Waals surface area contributed by atoms with E-state index in [2.05, 4.69) is 53.9 Å². The number of aliphatic hydroxyl groups excluding tert-OH is 1. The van der Waals surface area contributed by atoms with Crippen molar-refractivity contribution >= 4 is 0 Å². The highest BCUT2D eigenvalue weighted by Gasteiger charge is 2.40. The van der Waals surface area contributed by atoms with E-state index in [-0.39, 0.29) is 0 Å². The third-order valence-corrected chi connectivity index (χ3v) is 7.61. The molecule has 2 fully saturated rings. The van der Waals surface area contributed by atoms with Crippen LogP contribution in [0.2, 0.25) is 0 Å². The molecule has 2 saturated heterocycles. The summed E-state index contributed by atoms with van der Waals surface area (Å²) < 4.78 is 15.3. The molecule has 2 aliphatic rings. The van der Waals surface area contributed by atoms with Gasteiger partial charge in [0.25, 0.3) is 0 Å². The van der Waals surface area contributed by atoms with Gasteiger partial charge < -0.3 is 24.6 Å². The van der Waals surface area contributed by atoms with Crippen molar-refractivity contribution in [1.29, 1.82) is 0 Å². The fourth-order valence-corrected chi connectivity index (χ4v) is 5.22. The predicted octanol–water partition coefficient (Wildman–Crippen LogP) is 5.64. The first-order valence-corrected chi connectivity index (χ1v) is 13.8. The SMILES string of the molecule is CCOC.CCOc1ccc(CC#CO)cc1.CNC1CC2CCC(C1)N2Cc1ccc(OC)c(C)c1C. The van der Waals surface area contributed by atoms with Gasteiger partial charge in [0.05, 0.1) is 13.7 Å². The molecule has 38 heavy (non-hydrogen) atoms. The number of aliphatic hydroxyl groups is 1. The van der Waals surface area contributed by atoms with Gasteiger partial charge in [0.15, 0.2) is 0 Å². The van der Waals surface area contributed by atoms with E-state index in [4.69, 9.17) is 14.6 Å². The summed E-state index contributed by atoms with van der Waals surface area (Å²) in [6.45, 7) is 10.9. The number of nitrogens with zero attached hydrogens (tertiary/aromatic N) is 1. The first-order valence-electron chi connectivity index (χ1n) is 13.8. The van der Waals surface area contributed by atoms with Crippen molar-refractivity contribution < 1.29 is 19.3 Å². The van der Waals surface area contributed by atoms with Crippen LogP contribution >= 0.6 is 0 Å². The minimum atomic E-state index is 0.572. The van der Waals surface area contributed by atoms with Crippen molar-refractivity contribution in [3.8, 4) is 23.5 Å². The molecule has 0 spiro atoms. The van der Waals surface area contributed by atoms with Gasteiger partial charge in [-0.05, 0) is 101 Å². The van der Waals surface area contributed by atoms with Gasteiger partial charge in [-0.15, -0.1) is 0 Å². The molecule has 2 unspecified atom stereocenters. The summed E-state index contributed by atoms with van der Waals surface area (Å²) in [5.74, 6) is 4.45. The summed E-state index contributed by atoms with van der Waals surface area (Å²) in [6, 6.07) is 14.3. The molecular weight excluding hydrogens is 476 g/mol. The fraction of sp³-hybridized carbons (Fsp3) is 0.562. The normalized spacial score (nSPS) is 19.7. The first-order chi connectivity index (χ1) is 18.4. The third kappa shape index (κ3) is 9.23. The van der Waals surface area contributed by atoms with E-state index in [1.165, 1.54) is 42.4 Å². The van der Waals surface area contributed by atoms with E-state index in [1.54, 1.807) is 14.2 Å². The molecule has 2 bridgehead atoms. The summed E-state index contributed by atoms with van der Waals surface area (Å²) in [6.07, 6.45) is 7.80. The summed E-state index contributed by atoms with van der Waals surface area (Å²) in [4.78, 5) is 2.75. The average Bonchev–Trinajstić information content (AvgIpc) is 3.17. The molecule has 2 heterocycles. The summed E-state index contributed by atoms with van der Waals surface area (Å²) in [7, 11) is 5.54. The highest BCUT2D eigenvalue weighted by molar-refractivity contribution is 5.43. The maximum absolute atomic E-state index is 8.28. The van der Waals surface area contributed by atoms with Crippen LogP contribution in [-0.4, -0.2) is 62.6 Å². The van der Waals surface area contributed by atoms with E-state index in [9.17, 15) is 0 Å². The van der Waals surface area contributed by atoms with Crippen molar-refractivity contribution in [2.24, 2.45) is 0 Å². The van der Waals surface area contributed by atoms with Gasteiger partial charge in [0.2, 0.25) is 0 Å². The molecule has 0 aliphatic carbocycles. The number of piperidine rings is 1. The quantitative estimate of drug-likeness (QED) is 0.436. The molecule has 2 aliphatic heterocycles. The Morgan fingerprint density at radius 2 is 1.58 bits per heavy atom. The molecule has 2 atom stereocenters. The Bertz CT molecular complexity index is 997. The van der Waals surface area contributed by atoms with Crippen molar-refractivity contribution in [2.45, 2.75) is 84.5 Å². The standard InChI is InChI=1S/C18H28N2O.C11H12O2.C3H8O/c1-12-13(2)18(21-4)8-5-14(12)11-20-16-6-7-17(20)10-15(9-16)19-3;1-2-13-11-7-5-10(6-8-11)4-3-9-12;1-3-4-2/h5,8,15-17,19H,6-7,9-11H2,1-4H3;5-8,12H,2,4H2,1H3;3H2,1-2H3. The molecule has 0 saturated carbocycles. The van der Waals surface area contributed by atoms with Crippen LogP contribution in [-0.2, 0) is 17.7 Å². The smallest absolute Gasteiger partial charge is 0.122 e. The zero-order valence-corrected chi connectivity index (χ0v) is 24.5. The molecule has 2 aromatic rings. The van der Waals surface area contributed by atoms with Crippen LogP contribution in [0.1, 0.15) is 61.8 Å². The molecule has 0 radical (unpaired) electrons. The molecule has 0 aromatic heterocycles. The van der Waals surface area contributed by atoms with Gasteiger partial charge in [-0.3, -0.25) is 4.90 Å². The number of ether oxygens (including phenoxy) is 3. The van der Waals surface area contributed by atoms with Crippen LogP contribution in [0, 0.1) is 25.9 Å². The number of hydrogen-bond acceptors (Lipinski definition) is 6. The third-order valence-electron chi connectivity index (χ3n) is 7.61. The van der Waals surface area contributed by atoms with Crippen molar-refractivity contribution in [2.75, 3.05) is 34.5 Å². The highest BCUT2D eigenvalue weighted by atomic mass is 16.5. The Morgan fingerprint density at radius 3 is 2.08 bits per heavy atom. The maximum atomic E-state index is 8.28. The maximum Gasteiger partial charge on any atom is 0.122 e. The number of methoxy groups -OCH3 is 2. The van der Waals surface area contributed by atoms with Crippen LogP contribution < -0.4 is 14.8 Å². The second-order valence-electron chi connectivity index (χ2n) is 9.81. The molecular formula is C32H48N2O4. The predicted molar refractivity (Wildman–Crippen MR) is 155 cm³/mol.